The number of aromatic nitrogens is 4. The Kier molecular flexibility index (Phi) is 40.8. The van der Waals surface area contributed by atoms with Crippen LogP contribution in [0.2, 0.25) is 0 Å². The average molecular weight is 1930 g/mol. The number of rotatable bonds is 15. The van der Waals surface area contributed by atoms with Crippen LogP contribution in [0.25, 0.3) is 5.95 Å². The first-order valence-electron chi connectivity index (χ1n) is 35.8. The molecule has 0 saturated carbocycles. The third-order valence-electron chi connectivity index (χ3n) is 15.4. The van der Waals surface area contributed by atoms with Gasteiger partial charge >= 0.3 is 26.3 Å². The van der Waals surface area contributed by atoms with Crippen molar-refractivity contribution in [3.05, 3.63) is 386 Å². The largest absolute Gasteiger partial charge is 0.519 e. The predicted molar refractivity (Wildman–Crippen MR) is 464 cm³/mol. The minimum Gasteiger partial charge on any atom is -0.478 e. The highest BCUT2D eigenvalue weighted by molar-refractivity contribution is 9.11. The van der Waals surface area contributed by atoms with Crippen LogP contribution >= 0.6 is 79.1 Å². The lowest BCUT2D eigenvalue weighted by Crippen LogP contribution is -2.34. The lowest BCUT2D eigenvalue weighted by Gasteiger charge is -2.20. The van der Waals surface area contributed by atoms with Gasteiger partial charge in [-0.2, -0.15) is 5.10 Å². The minimum atomic E-state index is -3.45. The number of aromatic carboxylic acids is 1. The summed E-state index contributed by atoms with van der Waals surface area (Å²) in [4.78, 5) is 86.1. The van der Waals surface area contributed by atoms with Crippen LogP contribution in [0.3, 0.4) is 0 Å². The fraction of sp³-hybridized carbons (Fsp3) is 0.182. The topological polar surface area (TPSA) is 298 Å². The maximum absolute atomic E-state index is 13.5. The zero-order chi connectivity index (χ0) is 88.2. The molecule has 2 heterocycles. The second-order valence-corrected chi connectivity index (χ2v) is 34.1. The van der Waals surface area contributed by atoms with E-state index in [0.29, 0.717) is 34.4 Å². The molecule has 0 aliphatic carbocycles. The van der Waals surface area contributed by atoms with Crippen molar-refractivity contribution in [1.82, 2.24) is 25.1 Å². The van der Waals surface area contributed by atoms with Gasteiger partial charge in [-0.05, 0) is 250 Å². The van der Waals surface area contributed by atoms with Crippen LogP contribution in [0.4, 0.5) is 31.5 Å². The van der Waals surface area contributed by atoms with Crippen LogP contribution in [-0.2, 0) is 27.9 Å². The Labute approximate surface area is 720 Å². The van der Waals surface area contributed by atoms with Crippen molar-refractivity contribution in [3.63, 3.8) is 0 Å². The first kappa shape index (κ1) is 99.0. The lowest BCUT2D eigenvalue weighted by molar-refractivity contribution is -0.0294. The minimum absolute atomic E-state index is 0.104. The molecule has 624 valence electrons. The summed E-state index contributed by atoms with van der Waals surface area (Å²) < 4.78 is 109. The van der Waals surface area contributed by atoms with E-state index in [1.54, 1.807) is 151 Å². The Bertz CT molecular complexity index is 5040. The van der Waals surface area contributed by atoms with Crippen molar-refractivity contribution in [3.8, 4) is 5.95 Å². The van der Waals surface area contributed by atoms with Crippen molar-refractivity contribution < 1.29 is 83.8 Å². The van der Waals surface area contributed by atoms with Gasteiger partial charge < -0.3 is 35.3 Å². The number of nitrogens with one attached hydrogen (secondary N) is 2. The molecule has 12 aromatic rings. The van der Waals surface area contributed by atoms with Gasteiger partial charge in [-0.3, -0.25) is 23.9 Å². The fourth-order valence-electron chi connectivity index (χ4n) is 9.62. The van der Waals surface area contributed by atoms with E-state index in [9.17, 15) is 64.7 Å². The zero-order valence-corrected chi connectivity index (χ0v) is 74.1. The zero-order valence-electron chi connectivity index (χ0n) is 65.9. The third-order valence-corrected chi connectivity index (χ3v) is 19.4. The smallest absolute Gasteiger partial charge is 0.478 e. The third kappa shape index (κ3) is 37.5. The summed E-state index contributed by atoms with van der Waals surface area (Å²) in [6.07, 6.45) is 2.14. The average Bonchev–Trinajstić information content (AvgIpc) is 1.32. The molecule has 0 saturated heterocycles. The molecule has 0 aliphatic rings. The van der Waals surface area contributed by atoms with Gasteiger partial charge in [0.05, 0.1) is 24.3 Å². The van der Waals surface area contributed by atoms with Crippen molar-refractivity contribution in [1.29, 1.82) is 0 Å². The number of hydrogen-bond acceptors (Lipinski definition) is 15. The highest BCUT2D eigenvalue weighted by Crippen LogP contribution is 2.35. The predicted octanol–water partition coefficient (Wildman–Crippen LogP) is 22.6. The fourth-order valence-corrected chi connectivity index (χ4v) is 11.7. The summed E-state index contributed by atoms with van der Waals surface area (Å²) in [5, 5.41) is 15.5. The molecule has 31 heteroatoms. The highest BCUT2D eigenvalue weighted by Gasteiger charge is 2.26. The van der Waals surface area contributed by atoms with Gasteiger partial charge in [0.25, 0.3) is 11.5 Å². The quantitative estimate of drug-likeness (QED) is 0.0209. The number of ether oxygens (including phenoxy) is 3. The molecule has 1 amide bonds. The molecule has 10 aromatic carbocycles. The monoisotopic (exact) mass is 1920 g/mol. The number of carboxylic acid groups (broad SMARTS) is 1. The first-order chi connectivity index (χ1) is 56.1. The van der Waals surface area contributed by atoms with Crippen LogP contribution < -0.4 is 21.9 Å². The van der Waals surface area contributed by atoms with E-state index in [2.05, 4.69) is 112 Å². The maximum Gasteiger partial charge on any atom is 0.519 e. The Balaban J connectivity index is 0.000000256. The Morgan fingerprint density at radius 1 is 0.546 bits per heavy atom. The van der Waals surface area contributed by atoms with E-state index < -0.39 is 68.2 Å². The van der Waals surface area contributed by atoms with Gasteiger partial charge in [-0.25, -0.2) is 46.0 Å². The SMILES string of the molecule is CC(C)(C)OC(=O)OC(=O)OC(C)(C)C.CC(c1ccc(F)cc1)c1ccc(Br)cc1.CCO[P+](C)=O.CP(=O)(O)c1ccc(C(NC(=O)c2cnc(-n3cccn3)[nH]c2=O)c2ccc(F)cc2)cc1.Fc1ccccc1.NC(c1ccc(F)cc1)c1ccc(Br)cc1.O=C(O)c1ccc(Br)cc1.O=C(c1ccc(F)cc1)c1ccc(Br)cc1. The number of ketones is 1. The summed E-state index contributed by atoms with van der Waals surface area (Å²) in [7, 11) is -4.80. The Morgan fingerprint density at radius 3 is 1.24 bits per heavy atom. The second kappa shape index (κ2) is 49.1. The number of H-pyrrole nitrogens is 1. The maximum atomic E-state index is 13.5. The summed E-state index contributed by atoms with van der Waals surface area (Å²) in [6.45, 7) is 17.3. The van der Waals surface area contributed by atoms with Crippen LogP contribution in [0.1, 0.15) is 143 Å². The molecular weight excluding hydrogens is 1840 g/mol. The number of carbonyl (C=O) groups is 5. The van der Waals surface area contributed by atoms with E-state index in [1.807, 2.05) is 55.5 Å². The Morgan fingerprint density at radius 2 is 0.899 bits per heavy atom. The summed E-state index contributed by atoms with van der Waals surface area (Å²) in [5.41, 5.74) is 10.6. The number of benzene rings is 10. The lowest BCUT2D eigenvalue weighted by atomic mass is 9.93. The Hall–Kier alpha value is -10.6. The van der Waals surface area contributed by atoms with Crippen LogP contribution in [-0.4, -0.2) is 90.9 Å². The van der Waals surface area contributed by atoms with E-state index in [4.69, 9.17) is 20.3 Å². The first-order valence-corrected chi connectivity index (χ1v) is 42.8. The van der Waals surface area contributed by atoms with Crippen molar-refractivity contribution in [2.24, 2.45) is 5.73 Å². The molecule has 0 spiro atoms. The van der Waals surface area contributed by atoms with Crippen LogP contribution in [0.15, 0.2) is 296 Å². The molecule has 119 heavy (non-hydrogen) atoms. The highest BCUT2D eigenvalue weighted by atomic mass is 79.9. The molecule has 0 radical (unpaired) electrons. The number of carbonyl (C=O) groups excluding carboxylic acids is 4. The molecule has 0 fully saturated rings. The van der Waals surface area contributed by atoms with Crippen LogP contribution in [0.5, 0.6) is 0 Å². The van der Waals surface area contributed by atoms with Gasteiger partial charge in [0.2, 0.25) is 13.3 Å². The van der Waals surface area contributed by atoms with Gasteiger partial charge in [-0.1, -0.05) is 162 Å². The summed E-state index contributed by atoms with van der Waals surface area (Å²) in [5.74, 6) is -2.65. The summed E-state index contributed by atoms with van der Waals surface area (Å²) >= 11 is 13.3. The molecule has 0 aliphatic heterocycles. The molecule has 6 N–H and O–H groups in total. The second-order valence-electron chi connectivity index (χ2n) is 27.1. The standard InChI is InChI=1S/C22H19FN5O4P.C14H12BrF.C13H11BrFN.C13H8BrFO.C10H18O5.C7H5BrO2.C6H5F.C3H8O2P/c1-33(31,32)17-9-5-15(6-10-17)19(14-3-7-16(23)8-4-14)26-20(29)18-13-24-22(27-21(18)30)28-12-2-11-25-28;1-10(11-2-6-13(15)7-3-11)12-4-8-14(16)9-5-12;2*14-11-5-1-9(2-6-11)13(16)10-3-7-12(15)8-4-10;1-9(2,3)14-7(11)13-8(12)15-10(4,5)6;8-6-3-1-5(2-4-6)7(9)10;7-6-4-2-1-3-5-6;1-3-5-6(2)4/h2-13,19H,1H3,(H,26,29)(H,31,32)(H,24,27,30);2-10H,1H3;1-8,13H,16H2;1-8H;1-6H3;1-4H,(H,9,10);1-5H;3H2,1-2H3/q;;;;;;;+1. The van der Waals surface area contributed by atoms with Gasteiger partial charge in [0.15, 0.2) is 12.4 Å². The van der Waals surface area contributed by atoms with Crippen molar-refractivity contribution in [2.75, 3.05) is 19.9 Å². The number of hydrogen-bond donors (Lipinski definition) is 5. The van der Waals surface area contributed by atoms with Gasteiger partial charge in [-0.15, -0.1) is 4.52 Å². The molecule has 2 aromatic heterocycles. The number of halogens is 9. The number of amides is 1. The number of nitrogens with two attached hydrogens (primary N) is 1. The molecular formula is C88H86Br4F5N6O14P2+. The number of nitrogens with zero attached hydrogens (tertiary/aromatic N) is 3. The normalized spacial score (nSPS) is 11.9. The van der Waals surface area contributed by atoms with Gasteiger partial charge in [0, 0.05) is 65.5 Å². The number of aromatic amines is 1. The molecule has 12 rings (SSSR count). The van der Waals surface area contributed by atoms with Crippen LogP contribution in [0, 0.1) is 29.1 Å². The molecule has 5 unspecified atom stereocenters. The number of carboxylic acids is 1. The van der Waals surface area contributed by atoms with E-state index >= 15 is 0 Å². The molecule has 5 atom stereocenters. The molecule has 0 bridgehead atoms. The van der Waals surface area contributed by atoms with E-state index in [0.717, 1.165) is 40.8 Å². The molecule has 20 nitrogen and oxygen atoms in total. The van der Waals surface area contributed by atoms with Crippen molar-refractivity contribution in [2.45, 2.75) is 84.6 Å². The summed E-state index contributed by atoms with van der Waals surface area (Å²) in [6, 6.07) is 68.4. The van der Waals surface area contributed by atoms with Gasteiger partial charge in [0.1, 0.15) is 45.9 Å². The van der Waals surface area contributed by atoms with Crippen molar-refractivity contribution >= 4 is 114 Å². The van der Waals surface area contributed by atoms with E-state index in [-0.39, 0.29) is 57.8 Å². The van der Waals surface area contributed by atoms with E-state index in [1.165, 1.54) is 120 Å².